The van der Waals surface area contributed by atoms with E-state index in [1.54, 1.807) is 4.90 Å². The number of carbonyl (C=O) groups excluding carboxylic acids is 2. The molecule has 1 atom stereocenters. The normalized spacial score (nSPS) is 17.0. The van der Waals surface area contributed by atoms with Crippen LogP contribution in [0.15, 0.2) is 24.3 Å². The molecule has 0 saturated heterocycles. The number of nitrogens with one attached hydrogen (secondary N) is 1. The molecule has 1 N–H and O–H groups in total. The number of carbonyl (C=O) groups is 2. The van der Waals surface area contributed by atoms with Crippen LogP contribution < -0.4 is 10.2 Å². The van der Waals surface area contributed by atoms with Gasteiger partial charge in [-0.15, -0.1) is 0 Å². The molecule has 1 heterocycles. The third-order valence-electron chi connectivity index (χ3n) is 3.37. The lowest BCUT2D eigenvalue weighted by Crippen LogP contribution is -2.42. The smallest absolute Gasteiger partial charge is 0.322 e. The van der Waals surface area contributed by atoms with Crippen LogP contribution in [0.1, 0.15) is 31.7 Å². The highest BCUT2D eigenvalue weighted by molar-refractivity contribution is 5.95. The minimum absolute atomic E-state index is 0.00318. The van der Waals surface area contributed by atoms with E-state index in [4.69, 9.17) is 4.74 Å². The summed E-state index contributed by atoms with van der Waals surface area (Å²) in [5.41, 5.74) is 1.90. The number of fused-ring (bicyclic) bond motifs is 1. The molecular formula is C15H20N2O3. The lowest BCUT2D eigenvalue weighted by molar-refractivity contribution is -0.141. The number of para-hydroxylation sites is 1. The molecule has 1 aromatic carbocycles. The minimum Gasteiger partial charge on any atom is -0.469 e. The highest BCUT2D eigenvalue weighted by atomic mass is 16.5. The number of amides is 2. The van der Waals surface area contributed by atoms with Crippen molar-refractivity contribution >= 4 is 17.7 Å². The van der Waals surface area contributed by atoms with Crippen molar-refractivity contribution in [2.75, 3.05) is 18.6 Å². The van der Waals surface area contributed by atoms with E-state index in [1.807, 2.05) is 38.1 Å². The zero-order valence-corrected chi connectivity index (χ0v) is 12.1. The van der Waals surface area contributed by atoms with Crippen LogP contribution in [0, 0.1) is 0 Å². The van der Waals surface area contributed by atoms with Crippen molar-refractivity contribution in [3.05, 3.63) is 29.8 Å². The molecule has 1 aliphatic heterocycles. The third kappa shape index (κ3) is 2.92. The fourth-order valence-electron chi connectivity index (χ4n) is 2.47. The highest BCUT2D eigenvalue weighted by Crippen LogP contribution is 2.38. The Bertz CT molecular complexity index is 514. The first-order valence-corrected chi connectivity index (χ1v) is 6.76. The maximum Gasteiger partial charge on any atom is 0.322 e. The summed E-state index contributed by atoms with van der Waals surface area (Å²) in [6, 6.07) is 7.65. The summed E-state index contributed by atoms with van der Waals surface area (Å²) in [6.45, 7) is 4.35. The third-order valence-corrected chi connectivity index (χ3v) is 3.37. The van der Waals surface area contributed by atoms with Gasteiger partial charge in [0.15, 0.2) is 0 Å². The Labute approximate surface area is 118 Å². The van der Waals surface area contributed by atoms with Crippen molar-refractivity contribution in [3.8, 4) is 0 Å². The lowest BCUT2D eigenvalue weighted by atomic mass is 9.98. The van der Waals surface area contributed by atoms with E-state index in [2.05, 4.69) is 5.32 Å². The van der Waals surface area contributed by atoms with Gasteiger partial charge in [-0.2, -0.15) is 0 Å². The van der Waals surface area contributed by atoms with Gasteiger partial charge in [0.2, 0.25) is 0 Å². The first kappa shape index (κ1) is 14.4. The Kier molecular flexibility index (Phi) is 4.27. The van der Waals surface area contributed by atoms with E-state index in [0.717, 1.165) is 11.3 Å². The summed E-state index contributed by atoms with van der Waals surface area (Å²) in [4.78, 5) is 25.4. The van der Waals surface area contributed by atoms with E-state index >= 15 is 0 Å². The van der Waals surface area contributed by atoms with Crippen molar-refractivity contribution in [2.24, 2.45) is 0 Å². The molecule has 2 rings (SSSR count). The Balaban J connectivity index is 2.22. The van der Waals surface area contributed by atoms with E-state index in [1.165, 1.54) is 7.11 Å². The van der Waals surface area contributed by atoms with Crippen molar-refractivity contribution in [1.29, 1.82) is 0 Å². The largest absolute Gasteiger partial charge is 0.469 e. The van der Waals surface area contributed by atoms with Gasteiger partial charge < -0.3 is 10.1 Å². The van der Waals surface area contributed by atoms with E-state index in [0.29, 0.717) is 13.0 Å². The van der Waals surface area contributed by atoms with Gasteiger partial charge in [0.25, 0.3) is 0 Å². The van der Waals surface area contributed by atoms with Gasteiger partial charge in [0, 0.05) is 24.2 Å². The average molecular weight is 276 g/mol. The number of ether oxygens (including phenoxy) is 1. The van der Waals surface area contributed by atoms with E-state index in [9.17, 15) is 9.59 Å². The number of hydrogen-bond donors (Lipinski definition) is 1. The quantitative estimate of drug-likeness (QED) is 0.862. The number of methoxy groups -OCH3 is 1. The number of urea groups is 1. The number of nitrogens with zero attached hydrogens (tertiary/aromatic N) is 1. The molecule has 0 fully saturated rings. The second kappa shape index (κ2) is 5.94. The van der Waals surface area contributed by atoms with Crippen LogP contribution in [0.5, 0.6) is 0 Å². The second-order valence-electron chi connectivity index (χ2n) is 5.25. The first-order chi connectivity index (χ1) is 9.52. The van der Waals surface area contributed by atoms with Crippen LogP contribution in [0.2, 0.25) is 0 Å². The maximum atomic E-state index is 12.2. The summed E-state index contributed by atoms with van der Waals surface area (Å²) < 4.78 is 4.73. The second-order valence-corrected chi connectivity index (χ2v) is 5.25. The average Bonchev–Trinajstić information content (AvgIpc) is 2.77. The summed E-state index contributed by atoms with van der Waals surface area (Å²) in [7, 11) is 1.38. The van der Waals surface area contributed by atoms with E-state index in [-0.39, 0.29) is 24.0 Å². The fraction of sp³-hybridized carbons (Fsp3) is 0.467. The van der Waals surface area contributed by atoms with Crippen molar-refractivity contribution < 1.29 is 14.3 Å². The maximum absolute atomic E-state index is 12.2. The molecule has 0 aliphatic carbocycles. The molecule has 1 unspecified atom stereocenters. The van der Waals surface area contributed by atoms with Gasteiger partial charge in [-0.05, 0) is 25.5 Å². The number of hydrogen-bond acceptors (Lipinski definition) is 3. The standard InChI is InChI=1S/C15H20N2O3/c1-10(2)16-15(19)17-9-11(8-14(18)20-3)12-6-4-5-7-13(12)17/h4-7,10-11H,8-9H2,1-3H3,(H,16,19). The van der Waals surface area contributed by atoms with E-state index < -0.39 is 0 Å². The molecule has 0 aromatic heterocycles. The van der Waals surface area contributed by atoms with Crippen molar-refractivity contribution in [1.82, 2.24) is 5.32 Å². The molecule has 0 radical (unpaired) electrons. The highest BCUT2D eigenvalue weighted by Gasteiger charge is 2.33. The van der Waals surface area contributed by atoms with Gasteiger partial charge in [-0.25, -0.2) is 4.79 Å². The SMILES string of the molecule is COC(=O)CC1CN(C(=O)NC(C)C)c2ccccc21. The summed E-state index contributed by atoms with van der Waals surface area (Å²) in [6.07, 6.45) is 0.291. The zero-order chi connectivity index (χ0) is 14.7. The number of benzene rings is 1. The molecule has 2 amide bonds. The minimum atomic E-state index is -0.254. The van der Waals surface area contributed by atoms with Crippen molar-refractivity contribution in [2.45, 2.75) is 32.2 Å². The molecule has 0 spiro atoms. The van der Waals surface area contributed by atoms with Gasteiger partial charge >= 0.3 is 12.0 Å². The molecule has 108 valence electrons. The Morgan fingerprint density at radius 3 is 2.75 bits per heavy atom. The fourth-order valence-corrected chi connectivity index (χ4v) is 2.47. The lowest BCUT2D eigenvalue weighted by Gasteiger charge is -2.20. The number of esters is 1. The van der Waals surface area contributed by atoms with Crippen LogP contribution >= 0.6 is 0 Å². The molecule has 0 saturated carbocycles. The van der Waals surface area contributed by atoms with Crippen LogP contribution in [0.3, 0.4) is 0 Å². The monoisotopic (exact) mass is 276 g/mol. The molecule has 1 aromatic rings. The Morgan fingerprint density at radius 2 is 2.10 bits per heavy atom. The molecular weight excluding hydrogens is 256 g/mol. The molecule has 1 aliphatic rings. The van der Waals surface area contributed by atoms with Crippen LogP contribution in [0.25, 0.3) is 0 Å². The van der Waals surface area contributed by atoms with Crippen LogP contribution in [-0.4, -0.2) is 31.7 Å². The summed E-state index contributed by atoms with van der Waals surface area (Å²) >= 11 is 0. The van der Waals surface area contributed by atoms with Gasteiger partial charge in [0.05, 0.1) is 13.5 Å². The first-order valence-electron chi connectivity index (χ1n) is 6.76. The Hall–Kier alpha value is -2.04. The summed E-state index contributed by atoms with van der Waals surface area (Å²) in [5.74, 6) is -0.257. The molecule has 20 heavy (non-hydrogen) atoms. The molecule has 5 heteroatoms. The summed E-state index contributed by atoms with van der Waals surface area (Å²) in [5, 5.41) is 2.88. The van der Waals surface area contributed by atoms with Gasteiger partial charge in [-0.3, -0.25) is 9.69 Å². The van der Waals surface area contributed by atoms with Gasteiger partial charge in [0.1, 0.15) is 0 Å². The van der Waals surface area contributed by atoms with Crippen LogP contribution in [-0.2, 0) is 9.53 Å². The molecule has 0 bridgehead atoms. The van der Waals surface area contributed by atoms with Crippen molar-refractivity contribution in [3.63, 3.8) is 0 Å². The number of rotatable bonds is 3. The number of anilines is 1. The topological polar surface area (TPSA) is 58.6 Å². The Morgan fingerprint density at radius 1 is 1.40 bits per heavy atom. The molecule has 5 nitrogen and oxygen atoms in total. The predicted octanol–water partition coefficient (Wildman–Crippen LogP) is 2.27. The zero-order valence-electron chi connectivity index (χ0n) is 12.1. The van der Waals surface area contributed by atoms with Gasteiger partial charge in [-0.1, -0.05) is 18.2 Å². The van der Waals surface area contributed by atoms with Crippen LogP contribution in [0.4, 0.5) is 10.5 Å². The predicted molar refractivity (Wildman–Crippen MR) is 76.8 cm³/mol.